The van der Waals surface area contributed by atoms with Crippen LogP contribution in [-0.2, 0) is 9.59 Å². The van der Waals surface area contributed by atoms with E-state index in [0.717, 1.165) is 19.6 Å². The van der Waals surface area contributed by atoms with E-state index in [1.54, 1.807) is 0 Å². The van der Waals surface area contributed by atoms with Crippen molar-refractivity contribution >= 4 is 71.1 Å². The predicted octanol–water partition coefficient (Wildman–Crippen LogP) is -0.259. The third-order valence-electron chi connectivity index (χ3n) is 3.01. The molecule has 0 aromatic rings. The van der Waals surface area contributed by atoms with E-state index >= 15 is 0 Å². The first-order valence-electron chi connectivity index (χ1n) is 5.79. The molecule has 1 aliphatic rings. The van der Waals surface area contributed by atoms with Gasteiger partial charge in [-0.1, -0.05) is 6.42 Å². The van der Waals surface area contributed by atoms with Gasteiger partial charge in [-0.05, 0) is 45.3 Å². The van der Waals surface area contributed by atoms with Crippen LogP contribution in [0.25, 0.3) is 0 Å². The van der Waals surface area contributed by atoms with Crippen LogP contribution in [-0.4, -0.2) is 106 Å². The van der Waals surface area contributed by atoms with Crippen LogP contribution in [0.5, 0.6) is 0 Å². The Labute approximate surface area is 152 Å². The summed E-state index contributed by atoms with van der Waals surface area (Å²) in [4.78, 5) is 23.5. The average molecular weight is 277 g/mol. The van der Waals surface area contributed by atoms with Crippen LogP contribution >= 0.6 is 0 Å². The van der Waals surface area contributed by atoms with E-state index in [4.69, 9.17) is 10.2 Å². The van der Waals surface area contributed by atoms with E-state index in [2.05, 4.69) is 4.90 Å². The van der Waals surface area contributed by atoms with Crippen LogP contribution in [0.4, 0.5) is 0 Å². The fourth-order valence-electron chi connectivity index (χ4n) is 2.05. The number of piperidine rings is 1. The van der Waals surface area contributed by atoms with Crippen LogP contribution < -0.4 is 0 Å². The molecule has 1 rings (SSSR count). The van der Waals surface area contributed by atoms with Crippen molar-refractivity contribution in [1.29, 1.82) is 0 Å². The molecule has 5 nitrogen and oxygen atoms in total. The molecule has 1 aliphatic heterocycles. The van der Waals surface area contributed by atoms with Gasteiger partial charge in [0, 0.05) is 0 Å². The van der Waals surface area contributed by atoms with Crippen LogP contribution in [0.2, 0.25) is 0 Å². The van der Waals surface area contributed by atoms with Gasteiger partial charge in [-0.15, -0.1) is 0 Å². The third kappa shape index (κ3) is 8.15. The number of hydrogen-bond donors (Lipinski definition) is 2. The molecule has 0 aromatic heterocycles. The van der Waals surface area contributed by atoms with Crippen molar-refractivity contribution in [2.45, 2.75) is 32.1 Å². The second-order valence-electron chi connectivity index (χ2n) is 4.27. The van der Waals surface area contributed by atoms with Crippen molar-refractivity contribution in [2.75, 3.05) is 19.6 Å². The Morgan fingerprint density at radius 2 is 1.50 bits per heavy atom. The molecule has 96 valence electrons. The van der Waals surface area contributed by atoms with Gasteiger partial charge in [-0.2, -0.15) is 0 Å². The molecule has 0 saturated carbocycles. The number of nitrogens with zero attached hydrogens (tertiary/aromatic N) is 1. The van der Waals surface area contributed by atoms with Gasteiger partial charge in [-0.25, -0.2) is 0 Å². The topological polar surface area (TPSA) is 77.8 Å². The molecule has 0 atom stereocenters. The first-order valence-corrected chi connectivity index (χ1v) is 5.79. The minimum absolute atomic E-state index is 0. The SMILES string of the molecule is O=C(O)C(CCCN1CCCCC1)C(=O)O.[NaH].[NaH]. The second-order valence-corrected chi connectivity index (χ2v) is 4.27. The Kier molecular flexibility index (Phi) is 13.8. The van der Waals surface area contributed by atoms with E-state index in [1.165, 1.54) is 19.3 Å². The Bertz CT molecular complexity index is 243. The van der Waals surface area contributed by atoms with Crippen LogP contribution in [0.3, 0.4) is 0 Å². The molecular weight excluding hydrogens is 256 g/mol. The van der Waals surface area contributed by atoms with Gasteiger partial charge in [0.2, 0.25) is 0 Å². The fraction of sp³-hybridized carbons (Fsp3) is 0.818. The van der Waals surface area contributed by atoms with Crippen molar-refractivity contribution in [1.82, 2.24) is 4.90 Å². The quantitative estimate of drug-likeness (QED) is 0.517. The molecular formula is C11H21NNa2O4. The summed E-state index contributed by atoms with van der Waals surface area (Å²) in [5.41, 5.74) is 0. The molecule has 1 fully saturated rings. The van der Waals surface area contributed by atoms with E-state index in [-0.39, 0.29) is 65.5 Å². The summed E-state index contributed by atoms with van der Waals surface area (Å²) in [6.07, 6.45) is 4.52. The molecule has 0 spiro atoms. The Hall–Kier alpha value is 0.900. The van der Waals surface area contributed by atoms with Crippen LogP contribution in [0.15, 0.2) is 0 Å². The monoisotopic (exact) mass is 277 g/mol. The summed E-state index contributed by atoms with van der Waals surface area (Å²) >= 11 is 0. The van der Waals surface area contributed by atoms with Crippen molar-refractivity contribution in [3.63, 3.8) is 0 Å². The van der Waals surface area contributed by atoms with Crippen molar-refractivity contribution in [2.24, 2.45) is 5.92 Å². The zero-order valence-corrected chi connectivity index (χ0v) is 9.39. The average Bonchev–Trinajstić information content (AvgIpc) is 2.24. The van der Waals surface area contributed by atoms with Gasteiger partial charge in [0.15, 0.2) is 5.92 Å². The molecule has 7 heteroatoms. The van der Waals surface area contributed by atoms with E-state index in [0.29, 0.717) is 6.42 Å². The number of carbonyl (C=O) groups is 2. The molecule has 0 bridgehead atoms. The van der Waals surface area contributed by atoms with Crippen LogP contribution in [0, 0.1) is 5.92 Å². The first-order chi connectivity index (χ1) is 7.61. The fourth-order valence-corrected chi connectivity index (χ4v) is 2.05. The number of hydrogen-bond acceptors (Lipinski definition) is 3. The Morgan fingerprint density at radius 1 is 1.00 bits per heavy atom. The molecule has 0 aliphatic carbocycles. The van der Waals surface area contributed by atoms with Gasteiger partial charge in [-0.3, -0.25) is 9.59 Å². The van der Waals surface area contributed by atoms with Gasteiger partial charge < -0.3 is 15.1 Å². The van der Waals surface area contributed by atoms with Crippen molar-refractivity contribution in [3.05, 3.63) is 0 Å². The number of aliphatic carboxylic acids is 2. The molecule has 1 heterocycles. The molecule has 1 saturated heterocycles. The standard InChI is InChI=1S/C11H19NO4.2Na.2H/c13-10(14)9(11(15)16)5-4-8-12-6-2-1-3-7-12;;;;/h9H,1-8H2,(H,13,14)(H,15,16);;;;. The summed E-state index contributed by atoms with van der Waals surface area (Å²) in [7, 11) is 0. The molecule has 0 unspecified atom stereocenters. The van der Waals surface area contributed by atoms with E-state index in [1.807, 2.05) is 0 Å². The van der Waals surface area contributed by atoms with E-state index < -0.39 is 17.9 Å². The zero-order valence-electron chi connectivity index (χ0n) is 9.39. The molecule has 0 amide bonds. The Morgan fingerprint density at radius 3 is 1.94 bits per heavy atom. The second kappa shape index (κ2) is 11.7. The van der Waals surface area contributed by atoms with Gasteiger partial charge in [0.05, 0.1) is 0 Å². The number of likely N-dealkylation sites (tertiary alicyclic amines) is 1. The van der Waals surface area contributed by atoms with Crippen molar-refractivity contribution < 1.29 is 19.8 Å². The van der Waals surface area contributed by atoms with Crippen LogP contribution in [0.1, 0.15) is 32.1 Å². The maximum absolute atomic E-state index is 10.6. The summed E-state index contributed by atoms with van der Waals surface area (Å²) in [5.74, 6) is -3.71. The predicted molar refractivity (Wildman–Crippen MR) is 72.6 cm³/mol. The van der Waals surface area contributed by atoms with Crippen molar-refractivity contribution in [3.8, 4) is 0 Å². The molecule has 2 N–H and O–H groups in total. The normalized spacial score (nSPS) is 15.6. The zero-order chi connectivity index (χ0) is 12.0. The van der Waals surface area contributed by atoms with Gasteiger partial charge in [0.25, 0.3) is 0 Å². The molecule has 18 heavy (non-hydrogen) atoms. The van der Waals surface area contributed by atoms with E-state index in [9.17, 15) is 9.59 Å². The summed E-state index contributed by atoms with van der Waals surface area (Å²) in [6.45, 7) is 2.94. The molecule has 0 aromatic carbocycles. The number of rotatable bonds is 6. The summed E-state index contributed by atoms with van der Waals surface area (Å²) in [6, 6.07) is 0. The summed E-state index contributed by atoms with van der Waals surface area (Å²) in [5, 5.41) is 17.4. The van der Waals surface area contributed by atoms with Gasteiger partial charge in [0.1, 0.15) is 0 Å². The Balaban J connectivity index is 0. The first kappa shape index (κ1) is 21.2. The van der Waals surface area contributed by atoms with Gasteiger partial charge >= 0.3 is 71.1 Å². The minimum atomic E-state index is -1.25. The number of carboxylic acid groups (broad SMARTS) is 2. The summed E-state index contributed by atoms with van der Waals surface area (Å²) < 4.78 is 0. The maximum atomic E-state index is 10.6. The molecule has 0 radical (unpaired) electrons. The number of carboxylic acids is 2. The third-order valence-corrected chi connectivity index (χ3v) is 3.01.